The van der Waals surface area contributed by atoms with Gasteiger partial charge >= 0.3 is 0 Å². The largest absolute Gasteiger partial charge is 0.348 e. The van der Waals surface area contributed by atoms with Gasteiger partial charge in [-0.3, -0.25) is 4.79 Å². The average molecular weight is 296 g/mol. The van der Waals surface area contributed by atoms with Gasteiger partial charge in [0.05, 0.1) is 4.90 Å². The zero-order valence-corrected chi connectivity index (χ0v) is 12.6. The number of aryl methyl sites for hydroxylation is 1. The summed E-state index contributed by atoms with van der Waals surface area (Å²) in [5.41, 5.74) is 1.21. The van der Waals surface area contributed by atoms with E-state index in [1.807, 2.05) is 0 Å². The Morgan fingerprint density at radius 3 is 2.75 bits per heavy atom. The molecule has 0 radical (unpaired) electrons. The molecule has 0 aromatic heterocycles. The third kappa shape index (κ3) is 3.58. The minimum absolute atomic E-state index is 0.109. The lowest BCUT2D eigenvalue weighted by atomic mass is 10.1. The molecule has 1 atom stereocenters. The molecule has 1 fully saturated rings. The molecule has 1 amide bonds. The zero-order valence-electron chi connectivity index (χ0n) is 11.8. The first-order valence-electron chi connectivity index (χ1n) is 6.70. The van der Waals surface area contributed by atoms with Crippen LogP contribution < -0.4 is 10.6 Å². The minimum Gasteiger partial charge on any atom is -0.348 e. The van der Waals surface area contributed by atoms with Crippen molar-refractivity contribution >= 4 is 15.7 Å². The molecule has 6 heteroatoms. The van der Waals surface area contributed by atoms with E-state index in [0.29, 0.717) is 5.56 Å². The van der Waals surface area contributed by atoms with Crippen LogP contribution in [0.4, 0.5) is 0 Å². The molecule has 5 nitrogen and oxygen atoms in total. The minimum atomic E-state index is -3.30. The maximum atomic E-state index is 12.3. The Bertz CT molecular complexity index is 605. The zero-order chi connectivity index (χ0) is 14.8. The van der Waals surface area contributed by atoms with E-state index in [9.17, 15) is 13.2 Å². The number of benzene rings is 1. The molecule has 0 bridgehead atoms. The van der Waals surface area contributed by atoms with Crippen molar-refractivity contribution in [3.8, 4) is 0 Å². The smallest absolute Gasteiger partial charge is 0.251 e. The molecule has 0 aliphatic carbocycles. The van der Waals surface area contributed by atoms with Crippen LogP contribution in [0.2, 0.25) is 0 Å². The Balaban J connectivity index is 2.20. The van der Waals surface area contributed by atoms with Crippen molar-refractivity contribution in [2.24, 2.45) is 0 Å². The van der Waals surface area contributed by atoms with Crippen molar-refractivity contribution in [3.05, 3.63) is 29.3 Å². The standard InChI is InChI=1S/C14H20N2O3S/c1-10-5-6-12(20(2,18)19)8-13(10)14(17)16-11-4-3-7-15-9-11/h5-6,8,11,15H,3-4,7,9H2,1-2H3,(H,16,17). The highest BCUT2D eigenvalue weighted by molar-refractivity contribution is 7.90. The summed E-state index contributed by atoms with van der Waals surface area (Å²) in [6, 6.07) is 4.77. The normalized spacial score (nSPS) is 19.6. The molecule has 1 aliphatic heterocycles. The third-order valence-corrected chi connectivity index (χ3v) is 4.62. The summed E-state index contributed by atoms with van der Waals surface area (Å²) in [4.78, 5) is 12.5. The highest BCUT2D eigenvalue weighted by Crippen LogP contribution is 2.16. The second-order valence-electron chi connectivity index (χ2n) is 5.27. The van der Waals surface area contributed by atoms with Gasteiger partial charge in [0.2, 0.25) is 0 Å². The molecule has 110 valence electrons. The van der Waals surface area contributed by atoms with E-state index in [2.05, 4.69) is 10.6 Å². The number of sulfone groups is 1. The van der Waals surface area contributed by atoms with Crippen LogP contribution in [0, 0.1) is 6.92 Å². The van der Waals surface area contributed by atoms with E-state index in [0.717, 1.165) is 37.8 Å². The Hall–Kier alpha value is -1.40. The Labute approximate surface area is 119 Å². The maximum Gasteiger partial charge on any atom is 0.251 e. The Morgan fingerprint density at radius 2 is 2.15 bits per heavy atom. The number of rotatable bonds is 3. The van der Waals surface area contributed by atoms with Gasteiger partial charge < -0.3 is 10.6 Å². The SMILES string of the molecule is Cc1ccc(S(C)(=O)=O)cc1C(=O)NC1CCCNC1. The first kappa shape index (κ1) is 15.0. The molecule has 1 aromatic carbocycles. The summed E-state index contributed by atoms with van der Waals surface area (Å²) >= 11 is 0. The maximum absolute atomic E-state index is 12.3. The van der Waals surface area contributed by atoms with E-state index in [1.165, 1.54) is 12.1 Å². The molecule has 2 N–H and O–H groups in total. The molecular formula is C14H20N2O3S. The molecule has 2 rings (SSSR count). The first-order chi connectivity index (χ1) is 9.38. The van der Waals surface area contributed by atoms with Gasteiger partial charge in [0.1, 0.15) is 0 Å². The highest BCUT2D eigenvalue weighted by atomic mass is 32.2. The van der Waals surface area contributed by atoms with Crippen molar-refractivity contribution in [1.29, 1.82) is 0 Å². The lowest BCUT2D eigenvalue weighted by molar-refractivity contribution is 0.0930. The van der Waals surface area contributed by atoms with Gasteiger partial charge in [-0.2, -0.15) is 0 Å². The van der Waals surface area contributed by atoms with E-state index in [1.54, 1.807) is 13.0 Å². The van der Waals surface area contributed by atoms with Crippen LogP contribution in [0.1, 0.15) is 28.8 Å². The van der Waals surface area contributed by atoms with Crippen molar-refractivity contribution < 1.29 is 13.2 Å². The molecular weight excluding hydrogens is 276 g/mol. The van der Waals surface area contributed by atoms with Crippen molar-refractivity contribution in [2.75, 3.05) is 19.3 Å². The average Bonchev–Trinajstić information content (AvgIpc) is 2.39. The lowest BCUT2D eigenvalue weighted by Crippen LogP contribution is -2.45. The summed E-state index contributed by atoms with van der Waals surface area (Å²) in [5, 5.41) is 6.19. The number of carbonyl (C=O) groups excluding carboxylic acids is 1. The van der Waals surface area contributed by atoms with Crippen LogP contribution in [0.5, 0.6) is 0 Å². The quantitative estimate of drug-likeness (QED) is 0.868. The molecule has 0 saturated carbocycles. The second-order valence-corrected chi connectivity index (χ2v) is 7.28. The van der Waals surface area contributed by atoms with Crippen molar-refractivity contribution in [2.45, 2.75) is 30.7 Å². The summed E-state index contributed by atoms with van der Waals surface area (Å²) < 4.78 is 23.1. The fourth-order valence-corrected chi connectivity index (χ4v) is 2.96. The molecule has 1 heterocycles. The predicted molar refractivity (Wildman–Crippen MR) is 77.6 cm³/mol. The third-order valence-electron chi connectivity index (χ3n) is 3.51. The van der Waals surface area contributed by atoms with Crippen LogP contribution >= 0.6 is 0 Å². The molecule has 1 aliphatic rings. The van der Waals surface area contributed by atoms with Gasteiger partial charge in [0.25, 0.3) is 5.91 Å². The molecule has 0 spiro atoms. The number of piperidine rings is 1. The molecule has 1 aromatic rings. The van der Waals surface area contributed by atoms with Gasteiger partial charge in [0.15, 0.2) is 9.84 Å². The van der Waals surface area contributed by atoms with E-state index >= 15 is 0 Å². The van der Waals surface area contributed by atoms with Gasteiger partial charge in [-0.25, -0.2) is 8.42 Å². The summed E-state index contributed by atoms with van der Waals surface area (Å²) in [5.74, 6) is -0.207. The molecule has 1 unspecified atom stereocenters. The summed E-state index contributed by atoms with van der Waals surface area (Å²) in [6.07, 6.45) is 3.13. The van der Waals surface area contributed by atoms with Crippen LogP contribution in [0.25, 0.3) is 0 Å². The van der Waals surface area contributed by atoms with Gasteiger partial charge in [-0.05, 0) is 44.0 Å². The number of hydrogen-bond donors (Lipinski definition) is 2. The lowest BCUT2D eigenvalue weighted by Gasteiger charge is -2.24. The van der Waals surface area contributed by atoms with Gasteiger partial charge in [-0.1, -0.05) is 6.07 Å². The summed E-state index contributed by atoms with van der Waals surface area (Å²) in [6.45, 7) is 3.55. The van der Waals surface area contributed by atoms with E-state index in [-0.39, 0.29) is 16.8 Å². The van der Waals surface area contributed by atoms with Crippen LogP contribution in [0.15, 0.2) is 23.1 Å². The van der Waals surface area contributed by atoms with Crippen LogP contribution in [-0.4, -0.2) is 39.7 Å². The van der Waals surface area contributed by atoms with Gasteiger partial charge in [0, 0.05) is 24.4 Å². The Kier molecular flexibility index (Phi) is 4.45. The van der Waals surface area contributed by atoms with E-state index < -0.39 is 9.84 Å². The monoisotopic (exact) mass is 296 g/mol. The van der Waals surface area contributed by atoms with Crippen molar-refractivity contribution in [1.82, 2.24) is 10.6 Å². The predicted octanol–water partition coefficient (Wildman–Crippen LogP) is 0.880. The fourth-order valence-electron chi connectivity index (χ4n) is 2.31. The summed E-state index contributed by atoms with van der Waals surface area (Å²) in [7, 11) is -3.30. The van der Waals surface area contributed by atoms with Crippen molar-refractivity contribution in [3.63, 3.8) is 0 Å². The number of hydrogen-bond acceptors (Lipinski definition) is 4. The number of nitrogens with one attached hydrogen (secondary N) is 2. The number of amides is 1. The van der Waals surface area contributed by atoms with Crippen LogP contribution in [0.3, 0.4) is 0 Å². The highest BCUT2D eigenvalue weighted by Gasteiger charge is 2.19. The molecule has 20 heavy (non-hydrogen) atoms. The fraction of sp³-hybridized carbons (Fsp3) is 0.500. The van der Waals surface area contributed by atoms with E-state index in [4.69, 9.17) is 0 Å². The van der Waals surface area contributed by atoms with Crippen LogP contribution in [-0.2, 0) is 9.84 Å². The van der Waals surface area contributed by atoms with Gasteiger partial charge in [-0.15, -0.1) is 0 Å². The second kappa shape index (κ2) is 5.93. The number of carbonyl (C=O) groups is 1. The topological polar surface area (TPSA) is 75.3 Å². The molecule has 1 saturated heterocycles. The first-order valence-corrected chi connectivity index (χ1v) is 8.59. The Morgan fingerprint density at radius 1 is 1.40 bits per heavy atom.